The van der Waals surface area contributed by atoms with Gasteiger partial charge >= 0.3 is 0 Å². The molecule has 1 heterocycles. The number of aromatic nitrogens is 2. The van der Waals surface area contributed by atoms with E-state index < -0.39 is 0 Å². The van der Waals surface area contributed by atoms with Crippen LogP contribution in [0.1, 0.15) is 11.3 Å². The number of rotatable bonds is 3. The van der Waals surface area contributed by atoms with E-state index in [0.29, 0.717) is 17.5 Å². The number of aryl methyl sites for hydroxylation is 1. The lowest BCUT2D eigenvalue weighted by Crippen LogP contribution is -1.92. The maximum Gasteiger partial charge on any atom is 0.238 e. The van der Waals surface area contributed by atoms with E-state index in [0.717, 1.165) is 5.75 Å². The van der Waals surface area contributed by atoms with E-state index in [9.17, 15) is 0 Å². The van der Waals surface area contributed by atoms with Crippen molar-refractivity contribution in [2.45, 2.75) is 12.8 Å². The predicted molar refractivity (Wildman–Crippen MR) is 62.8 cm³/mol. The molecule has 0 aliphatic carbocycles. The number of nitrogens with zero attached hydrogens (tertiary/aromatic N) is 2. The number of ether oxygens (including phenoxy) is 1. The molecule has 0 aliphatic rings. The molecule has 0 aliphatic heterocycles. The highest BCUT2D eigenvalue weighted by atomic mass is 35.5. The summed E-state index contributed by atoms with van der Waals surface area (Å²) in [5.41, 5.74) is 1.89. The molecule has 0 unspecified atom stereocenters. The van der Waals surface area contributed by atoms with Gasteiger partial charge in [0.25, 0.3) is 0 Å². The minimum atomic E-state index is 0.331. The summed E-state index contributed by atoms with van der Waals surface area (Å²) >= 11 is 5.66. The molecule has 0 atom stereocenters. The molecule has 0 spiro atoms. The summed E-state index contributed by atoms with van der Waals surface area (Å²) in [6.07, 6.45) is 3.19. The molecule has 82 valence electrons. The zero-order valence-electron chi connectivity index (χ0n) is 8.85. The van der Waals surface area contributed by atoms with Gasteiger partial charge in [-0.15, -0.1) is 11.6 Å². The Labute approximate surface area is 99.1 Å². The largest absolute Gasteiger partial charge is 0.437 e. The van der Waals surface area contributed by atoms with E-state index in [1.807, 2.05) is 31.2 Å². The van der Waals surface area contributed by atoms with Gasteiger partial charge in [0.05, 0.1) is 17.8 Å². The van der Waals surface area contributed by atoms with Crippen LogP contribution in [-0.4, -0.2) is 9.97 Å². The summed E-state index contributed by atoms with van der Waals surface area (Å²) in [6.45, 7) is 2.03. The molecular formula is C12H11ClN2O. The second-order valence-corrected chi connectivity index (χ2v) is 3.66. The van der Waals surface area contributed by atoms with E-state index in [2.05, 4.69) is 9.97 Å². The Hall–Kier alpha value is -1.61. The average Bonchev–Trinajstić information content (AvgIpc) is 2.32. The summed E-state index contributed by atoms with van der Waals surface area (Å²) in [4.78, 5) is 8.19. The molecule has 1 aromatic heterocycles. The molecule has 3 nitrogen and oxygen atoms in total. The van der Waals surface area contributed by atoms with Crippen LogP contribution >= 0.6 is 11.6 Å². The molecule has 0 saturated carbocycles. The molecule has 2 rings (SSSR count). The van der Waals surface area contributed by atoms with Crippen molar-refractivity contribution >= 4 is 11.6 Å². The van der Waals surface area contributed by atoms with E-state index in [1.165, 1.54) is 5.56 Å². The lowest BCUT2D eigenvalue weighted by atomic mass is 10.2. The van der Waals surface area contributed by atoms with Crippen LogP contribution in [-0.2, 0) is 5.88 Å². The Kier molecular flexibility index (Phi) is 3.37. The fourth-order valence-electron chi connectivity index (χ4n) is 1.23. The third-order valence-electron chi connectivity index (χ3n) is 2.04. The molecule has 1 aromatic carbocycles. The molecule has 0 radical (unpaired) electrons. The second kappa shape index (κ2) is 4.94. The normalized spacial score (nSPS) is 10.1. The van der Waals surface area contributed by atoms with E-state index >= 15 is 0 Å². The Bertz CT molecular complexity index is 471. The second-order valence-electron chi connectivity index (χ2n) is 3.40. The third kappa shape index (κ3) is 2.70. The molecular weight excluding hydrogens is 224 g/mol. The number of hydrogen-bond acceptors (Lipinski definition) is 3. The van der Waals surface area contributed by atoms with Crippen molar-refractivity contribution in [3.63, 3.8) is 0 Å². The average molecular weight is 235 g/mol. The highest BCUT2D eigenvalue weighted by molar-refractivity contribution is 6.16. The number of hydrogen-bond donors (Lipinski definition) is 0. The lowest BCUT2D eigenvalue weighted by Gasteiger charge is -2.05. The van der Waals surface area contributed by atoms with Crippen molar-refractivity contribution in [1.29, 1.82) is 0 Å². The predicted octanol–water partition coefficient (Wildman–Crippen LogP) is 3.32. The van der Waals surface area contributed by atoms with Gasteiger partial charge in [-0.1, -0.05) is 17.7 Å². The summed E-state index contributed by atoms with van der Waals surface area (Å²) in [5, 5.41) is 0. The topological polar surface area (TPSA) is 35.0 Å². The van der Waals surface area contributed by atoms with Gasteiger partial charge in [0, 0.05) is 6.20 Å². The Morgan fingerprint density at radius 1 is 1.19 bits per heavy atom. The van der Waals surface area contributed by atoms with Gasteiger partial charge in [0.2, 0.25) is 5.88 Å². The van der Waals surface area contributed by atoms with Crippen LogP contribution in [0.25, 0.3) is 0 Å². The fraction of sp³-hybridized carbons (Fsp3) is 0.167. The molecule has 0 saturated heterocycles. The SMILES string of the molecule is Cc1ccc(Oc2cncc(CCl)n2)cc1. The van der Waals surface area contributed by atoms with Crippen LogP contribution < -0.4 is 4.74 Å². The zero-order chi connectivity index (χ0) is 11.4. The maximum atomic E-state index is 5.66. The van der Waals surface area contributed by atoms with Crippen LogP contribution in [0.2, 0.25) is 0 Å². The lowest BCUT2D eigenvalue weighted by molar-refractivity contribution is 0.458. The van der Waals surface area contributed by atoms with Crippen molar-refractivity contribution in [2.75, 3.05) is 0 Å². The quantitative estimate of drug-likeness (QED) is 0.765. The van der Waals surface area contributed by atoms with Crippen LogP contribution in [0.15, 0.2) is 36.7 Å². The Morgan fingerprint density at radius 2 is 1.94 bits per heavy atom. The molecule has 2 aromatic rings. The van der Waals surface area contributed by atoms with Crippen molar-refractivity contribution in [1.82, 2.24) is 9.97 Å². The number of benzene rings is 1. The molecule has 0 fully saturated rings. The first-order valence-corrected chi connectivity index (χ1v) is 5.43. The van der Waals surface area contributed by atoms with Crippen molar-refractivity contribution in [2.24, 2.45) is 0 Å². The number of halogens is 1. The summed E-state index contributed by atoms with van der Waals surface area (Å²) in [7, 11) is 0. The standard InChI is InChI=1S/C12H11ClN2O/c1-9-2-4-11(5-3-9)16-12-8-14-7-10(6-13)15-12/h2-5,7-8H,6H2,1H3. The Balaban J connectivity index is 2.16. The molecule has 0 bridgehead atoms. The van der Waals surface area contributed by atoms with Crippen LogP contribution in [0.4, 0.5) is 0 Å². The van der Waals surface area contributed by atoms with Crippen molar-refractivity contribution in [3.8, 4) is 11.6 Å². The number of alkyl halides is 1. The van der Waals surface area contributed by atoms with Crippen LogP contribution in [0, 0.1) is 6.92 Å². The molecule has 16 heavy (non-hydrogen) atoms. The summed E-state index contributed by atoms with van der Waals surface area (Å²) < 4.78 is 5.54. The van der Waals surface area contributed by atoms with Gasteiger partial charge in [-0.2, -0.15) is 0 Å². The zero-order valence-corrected chi connectivity index (χ0v) is 9.61. The van der Waals surface area contributed by atoms with Gasteiger partial charge in [-0.05, 0) is 19.1 Å². The first-order chi connectivity index (χ1) is 7.78. The summed E-state index contributed by atoms with van der Waals surface area (Å²) in [5.74, 6) is 1.53. The fourth-order valence-corrected chi connectivity index (χ4v) is 1.36. The van der Waals surface area contributed by atoms with Crippen LogP contribution in [0.3, 0.4) is 0 Å². The van der Waals surface area contributed by atoms with Crippen LogP contribution in [0.5, 0.6) is 11.6 Å². The maximum absolute atomic E-state index is 5.66. The van der Waals surface area contributed by atoms with Gasteiger partial charge < -0.3 is 4.74 Å². The third-order valence-corrected chi connectivity index (χ3v) is 2.32. The minimum absolute atomic E-state index is 0.331. The van der Waals surface area contributed by atoms with Gasteiger partial charge in [0.1, 0.15) is 5.75 Å². The smallest absolute Gasteiger partial charge is 0.238 e. The van der Waals surface area contributed by atoms with Gasteiger partial charge in [0.15, 0.2) is 0 Å². The van der Waals surface area contributed by atoms with Crippen molar-refractivity contribution in [3.05, 3.63) is 47.9 Å². The first-order valence-electron chi connectivity index (χ1n) is 4.89. The Morgan fingerprint density at radius 3 is 2.62 bits per heavy atom. The van der Waals surface area contributed by atoms with Crippen molar-refractivity contribution < 1.29 is 4.74 Å². The first kappa shape index (κ1) is 10.9. The van der Waals surface area contributed by atoms with E-state index in [1.54, 1.807) is 12.4 Å². The van der Waals surface area contributed by atoms with E-state index in [4.69, 9.17) is 16.3 Å². The monoisotopic (exact) mass is 234 g/mol. The highest BCUT2D eigenvalue weighted by Crippen LogP contribution is 2.19. The van der Waals surface area contributed by atoms with E-state index in [-0.39, 0.29) is 0 Å². The minimum Gasteiger partial charge on any atom is -0.437 e. The summed E-state index contributed by atoms with van der Waals surface area (Å²) in [6, 6.07) is 7.75. The molecule has 0 N–H and O–H groups in total. The molecule has 0 amide bonds. The van der Waals surface area contributed by atoms with Gasteiger partial charge in [-0.25, -0.2) is 4.98 Å². The van der Waals surface area contributed by atoms with Gasteiger partial charge in [-0.3, -0.25) is 4.98 Å². The highest BCUT2D eigenvalue weighted by Gasteiger charge is 2.00. The molecule has 4 heteroatoms.